The van der Waals surface area contributed by atoms with Gasteiger partial charge >= 0.3 is 0 Å². The van der Waals surface area contributed by atoms with E-state index >= 15 is 0 Å². The van der Waals surface area contributed by atoms with Crippen molar-refractivity contribution in [2.75, 3.05) is 12.3 Å². The molecule has 0 aliphatic heterocycles. The molecule has 1 aliphatic carbocycles. The van der Waals surface area contributed by atoms with Crippen molar-refractivity contribution in [2.45, 2.75) is 70.4 Å². The molecule has 1 aromatic heterocycles. The molecule has 1 saturated carbocycles. The SMILES string of the molecule is Cc1cc(C(C)(C)C)cc(C)c1CCNC(=O)CSc1n[nH]c(C2CC2)n1. The number of amides is 1. The number of nitrogens with one attached hydrogen (secondary N) is 2. The maximum absolute atomic E-state index is 12.1. The Morgan fingerprint density at radius 2 is 1.93 bits per heavy atom. The first-order chi connectivity index (χ1) is 12.7. The van der Waals surface area contributed by atoms with Crippen molar-refractivity contribution in [1.29, 1.82) is 0 Å². The normalized spacial score (nSPS) is 14.4. The Labute approximate surface area is 166 Å². The van der Waals surface area contributed by atoms with Crippen molar-refractivity contribution in [3.63, 3.8) is 0 Å². The Bertz CT molecular complexity index is 795. The highest BCUT2D eigenvalue weighted by Gasteiger charge is 2.27. The lowest BCUT2D eigenvalue weighted by molar-refractivity contribution is -0.118. The molecule has 3 rings (SSSR count). The van der Waals surface area contributed by atoms with Crippen LogP contribution in [0.15, 0.2) is 17.3 Å². The molecule has 0 atom stereocenters. The first-order valence-electron chi connectivity index (χ1n) is 9.66. The van der Waals surface area contributed by atoms with Crippen molar-refractivity contribution >= 4 is 17.7 Å². The first-order valence-corrected chi connectivity index (χ1v) is 10.6. The summed E-state index contributed by atoms with van der Waals surface area (Å²) in [5.41, 5.74) is 5.45. The average Bonchev–Trinajstić information content (AvgIpc) is 3.33. The highest BCUT2D eigenvalue weighted by Crippen LogP contribution is 2.38. The molecule has 5 nitrogen and oxygen atoms in total. The van der Waals surface area contributed by atoms with E-state index in [1.807, 2.05) is 0 Å². The lowest BCUT2D eigenvalue weighted by Gasteiger charge is -2.22. The second-order valence-corrected chi connectivity index (χ2v) is 9.45. The molecule has 6 heteroatoms. The summed E-state index contributed by atoms with van der Waals surface area (Å²) in [6.07, 6.45) is 3.23. The number of carbonyl (C=O) groups is 1. The van der Waals surface area contributed by atoms with Crippen molar-refractivity contribution in [2.24, 2.45) is 0 Å². The summed E-state index contributed by atoms with van der Waals surface area (Å²) in [5.74, 6) is 1.89. The number of nitrogens with zero attached hydrogens (tertiary/aromatic N) is 2. The maximum Gasteiger partial charge on any atom is 0.230 e. The van der Waals surface area contributed by atoms with E-state index in [9.17, 15) is 4.79 Å². The maximum atomic E-state index is 12.1. The third kappa shape index (κ3) is 5.34. The van der Waals surface area contributed by atoms with Crippen LogP contribution in [-0.2, 0) is 16.6 Å². The van der Waals surface area contributed by atoms with Crippen LogP contribution in [0.1, 0.15) is 67.6 Å². The van der Waals surface area contributed by atoms with E-state index in [-0.39, 0.29) is 11.3 Å². The summed E-state index contributed by atoms with van der Waals surface area (Å²) >= 11 is 1.39. The molecular weight excluding hydrogens is 356 g/mol. The van der Waals surface area contributed by atoms with Crippen LogP contribution in [-0.4, -0.2) is 33.4 Å². The van der Waals surface area contributed by atoms with E-state index < -0.39 is 0 Å². The lowest BCUT2D eigenvalue weighted by Crippen LogP contribution is -2.27. The fourth-order valence-corrected chi connectivity index (χ4v) is 3.83. The van der Waals surface area contributed by atoms with Gasteiger partial charge in [0.1, 0.15) is 5.82 Å². The van der Waals surface area contributed by atoms with E-state index in [0.717, 1.165) is 12.2 Å². The highest BCUT2D eigenvalue weighted by atomic mass is 32.2. The van der Waals surface area contributed by atoms with Crippen molar-refractivity contribution < 1.29 is 4.79 Å². The zero-order valence-electron chi connectivity index (χ0n) is 17.0. The zero-order valence-corrected chi connectivity index (χ0v) is 17.8. The van der Waals surface area contributed by atoms with Crippen LogP contribution in [0, 0.1) is 13.8 Å². The molecule has 1 amide bonds. The summed E-state index contributed by atoms with van der Waals surface area (Å²) in [6, 6.07) is 4.56. The Kier molecular flexibility index (Phi) is 5.94. The van der Waals surface area contributed by atoms with Crippen LogP contribution in [0.3, 0.4) is 0 Å². The number of H-pyrrole nitrogens is 1. The van der Waals surface area contributed by atoms with Gasteiger partial charge in [0.25, 0.3) is 0 Å². The van der Waals surface area contributed by atoms with Gasteiger partial charge in [-0.2, -0.15) is 0 Å². The number of rotatable bonds is 7. The van der Waals surface area contributed by atoms with E-state index in [1.165, 1.54) is 46.9 Å². The minimum atomic E-state index is 0.0272. The van der Waals surface area contributed by atoms with E-state index in [2.05, 4.69) is 67.2 Å². The quantitative estimate of drug-likeness (QED) is 0.704. The molecule has 0 saturated heterocycles. The fraction of sp³-hybridized carbons (Fsp3) is 0.571. The Morgan fingerprint density at radius 3 is 2.52 bits per heavy atom. The molecule has 27 heavy (non-hydrogen) atoms. The molecule has 2 N–H and O–H groups in total. The Hall–Kier alpha value is -1.82. The van der Waals surface area contributed by atoms with Gasteiger partial charge in [-0.05, 0) is 60.8 Å². The largest absolute Gasteiger partial charge is 0.355 e. The molecule has 0 radical (unpaired) electrons. The van der Waals surface area contributed by atoms with Crippen molar-refractivity contribution in [1.82, 2.24) is 20.5 Å². The molecule has 1 heterocycles. The number of hydrogen-bond acceptors (Lipinski definition) is 4. The van der Waals surface area contributed by atoms with Crippen LogP contribution in [0.25, 0.3) is 0 Å². The minimum absolute atomic E-state index is 0.0272. The van der Waals surface area contributed by atoms with Gasteiger partial charge in [-0.1, -0.05) is 44.7 Å². The van der Waals surface area contributed by atoms with Crippen molar-refractivity contribution in [3.05, 3.63) is 40.2 Å². The van der Waals surface area contributed by atoms with Gasteiger partial charge in [-0.25, -0.2) is 4.98 Å². The molecular formula is C21H30N4OS. The monoisotopic (exact) mass is 386 g/mol. The van der Waals surface area contributed by atoms with Gasteiger partial charge in [-0.3, -0.25) is 9.89 Å². The fourth-order valence-electron chi connectivity index (χ4n) is 3.19. The smallest absolute Gasteiger partial charge is 0.230 e. The summed E-state index contributed by atoms with van der Waals surface area (Å²) < 4.78 is 0. The molecule has 1 aliphatic rings. The lowest BCUT2D eigenvalue weighted by atomic mass is 9.83. The third-order valence-corrected chi connectivity index (χ3v) is 5.89. The van der Waals surface area contributed by atoms with Crippen LogP contribution < -0.4 is 5.32 Å². The minimum Gasteiger partial charge on any atom is -0.355 e. The molecule has 0 bridgehead atoms. The topological polar surface area (TPSA) is 70.7 Å². The van der Waals surface area contributed by atoms with Gasteiger partial charge in [0, 0.05) is 12.5 Å². The van der Waals surface area contributed by atoms with Crippen LogP contribution in [0.4, 0.5) is 0 Å². The number of aromatic nitrogens is 3. The molecule has 146 valence electrons. The summed E-state index contributed by atoms with van der Waals surface area (Å²) in [5, 5.41) is 10.8. The third-order valence-electron chi connectivity index (χ3n) is 5.04. The van der Waals surface area contributed by atoms with E-state index in [0.29, 0.717) is 23.4 Å². The number of thioether (sulfide) groups is 1. The highest BCUT2D eigenvalue weighted by molar-refractivity contribution is 7.99. The Morgan fingerprint density at radius 1 is 1.26 bits per heavy atom. The van der Waals surface area contributed by atoms with E-state index in [4.69, 9.17) is 0 Å². The molecule has 0 unspecified atom stereocenters. The van der Waals surface area contributed by atoms with Gasteiger partial charge in [0.2, 0.25) is 11.1 Å². The number of aromatic amines is 1. The van der Waals surface area contributed by atoms with Gasteiger partial charge in [0.05, 0.1) is 5.75 Å². The molecule has 1 aromatic carbocycles. The van der Waals surface area contributed by atoms with Gasteiger partial charge < -0.3 is 5.32 Å². The van der Waals surface area contributed by atoms with Gasteiger partial charge in [-0.15, -0.1) is 5.10 Å². The van der Waals surface area contributed by atoms with Crippen molar-refractivity contribution in [3.8, 4) is 0 Å². The number of carbonyl (C=O) groups excluding carboxylic acids is 1. The summed E-state index contributed by atoms with van der Waals surface area (Å²) in [6.45, 7) is 11.7. The second kappa shape index (κ2) is 8.05. The van der Waals surface area contributed by atoms with Crippen LogP contribution in [0.2, 0.25) is 0 Å². The first kappa shape index (κ1) is 19.9. The van der Waals surface area contributed by atoms with Gasteiger partial charge in [0.15, 0.2) is 0 Å². The van der Waals surface area contributed by atoms with E-state index in [1.54, 1.807) is 0 Å². The standard InChI is InChI=1S/C21H30N4OS/c1-13-10-16(21(3,4)5)11-14(2)17(13)8-9-22-18(26)12-27-20-23-19(24-25-20)15-6-7-15/h10-11,15H,6-9,12H2,1-5H3,(H,22,26)(H,23,24,25). The Balaban J connectivity index is 1.46. The number of aryl methyl sites for hydroxylation is 2. The zero-order chi connectivity index (χ0) is 19.6. The number of hydrogen-bond donors (Lipinski definition) is 2. The average molecular weight is 387 g/mol. The predicted molar refractivity (Wildman–Crippen MR) is 110 cm³/mol. The molecule has 2 aromatic rings. The number of benzene rings is 1. The molecule has 0 spiro atoms. The molecule has 1 fully saturated rings. The summed E-state index contributed by atoms with van der Waals surface area (Å²) in [4.78, 5) is 16.6. The predicted octanol–water partition coefficient (Wildman–Crippen LogP) is 4.05. The second-order valence-electron chi connectivity index (χ2n) is 8.50. The summed E-state index contributed by atoms with van der Waals surface area (Å²) in [7, 11) is 0. The van der Waals surface area contributed by atoms with Crippen LogP contribution in [0.5, 0.6) is 0 Å². The van der Waals surface area contributed by atoms with Crippen LogP contribution >= 0.6 is 11.8 Å².